The molecule has 1 spiro atoms. The van der Waals surface area contributed by atoms with Crippen molar-refractivity contribution in [3.8, 4) is 17.2 Å². The second-order valence-electron chi connectivity index (χ2n) is 7.15. The lowest BCUT2D eigenvalue weighted by Crippen LogP contribution is -2.46. The highest BCUT2D eigenvalue weighted by atomic mass is 35.5. The van der Waals surface area contributed by atoms with Gasteiger partial charge >= 0.3 is 0 Å². The first-order valence-corrected chi connectivity index (χ1v) is 11.6. The summed E-state index contributed by atoms with van der Waals surface area (Å²) < 4.78 is 41.7. The van der Waals surface area contributed by atoms with Gasteiger partial charge in [0.05, 0.1) is 24.2 Å². The number of nitrogens with zero attached hydrogens (tertiary/aromatic N) is 1. The Morgan fingerprint density at radius 3 is 2.37 bits per heavy atom. The van der Waals surface area contributed by atoms with Gasteiger partial charge in [-0.2, -0.15) is 0 Å². The first-order valence-electron chi connectivity index (χ1n) is 9.04. The Labute approximate surface area is 182 Å². The smallest absolute Gasteiger partial charge is 0.253 e. The zero-order valence-electron chi connectivity index (χ0n) is 15.9. The van der Waals surface area contributed by atoms with E-state index in [1.807, 2.05) is 0 Å². The number of rotatable bonds is 4. The number of hydrogen-bond donors (Lipinski definition) is 1. The predicted octanol–water partition coefficient (Wildman–Crippen LogP) is 2.63. The molecule has 1 aromatic heterocycles. The number of ketones is 1. The van der Waals surface area contributed by atoms with E-state index in [4.69, 9.17) is 37.4 Å². The lowest BCUT2D eigenvalue weighted by atomic mass is 10.0. The van der Waals surface area contributed by atoms with Crippen molar-refractivity contribution in [3.63, 3.8) is 0 Å². The van der Waals surface area contributed by atoms with Crippen molar-refractivity contribution < 1.29 is 37.4 Å². The summed E-state index contributed by atoms with van der Waals surface area (Å²) in [6.07, 6.45) is 2.61. The van der Waals surface area contributed by atoms with Gasteiger partial charge < -0.3 is 14.2 Å². The maximum absolute atomic E-state index is 13.1. The maximum Gasteiger partial charge on any atom is 0.253 e. The Bertz CT molecular complexity index is 1110. The molecule has 0 unspecified atom stereocenters. The number of benzene rings is 1. The average Bonchev–Trinajstić information content (AvgIpc) is 3.06. The first kappa shape index (κ1) is 21.0. The third-order valence-electron chi connectivity index (χ3n) is 5.17. The number of fused-ring (bicyclic) bond motifs is 1. The van der Waals surface area contributed by atoms with Crippen LogP contribution in [0.15, 0.2) is 24.5 Å². The van der Waals surface area contributed by atoms with E-state index in [0.29, 0.717) is 16.0 Å². The molecule has 30 heavy (non-hydrogen) atoms. The van der Waals surface area contributed by atoms with Gasteiger partial charge in [-0.25, -0.2) is 8.42 Å². The molecule has 0 radical (unpaired) electrons. The topological polar surface area (TPSA) is 103 Å². The summed E-state index contributed by atoms with van der Waals surface area (Å²) in [5.74, 6) is -0.769. The van der Waals surface area contributed by atoms with Crippen LogP contribution in [0.5, 0.6) is 17.2 Å². The van der Waals surface area contributed by atoms with Crippen molar-refractivity contribution in [1.82, 2.24) is 0 Å². The standard InChI is InChI=1S/C19H18Cl2NO7S/c1-27-16-3-2-11(15(23)8-12-13(20)9-22(24)10-14(12)21)17-18(16)29-19(28-17)4-6-30(25,26)7-5-19/h2-3,9-10,24H,4-8H2,1H3/q+1. The van der Waals surface area contributed by atoms with Crippen LogP contribution in [0.3, 0.4) is 0 Å². The van der Waals surface area contributed by atoms with Crippen LogP contribution in [0.1, 0.15) is 28.8 Å². The van der Waals surface area contributed by atoms with E-state index >= 15 is 0 Å². The van der Waals surface area contributed by atoms with Gasteiger partial charge in [-0.05, 0) is 12.1 Å². The minimum Gasteiger partial charge on any atom is -0.493 e. The molecule has 160 valence electrons. The largest absolute Gasteiger partial charge is 0.493 e. The van der Waals surface area contributed by atoms with Crippen molar-refractivity contribution in [1.29, 1.82) is 0 Å². The number of carbonyl (C=O) groups excluding carboxylic acids is 1. The summed E-state index contributed by atoms with van der Waals surface area (Å²) in [5, 5.41) is 9.77. The van der Waals surface area contributed by atoms with Gasteiger partial charge in [-0.3, -0.25) is 10.0 Å². The minimum absolute atomic E-state index is 0.0665. The number of sulfone groups is 1. The van der Waals surface area contributed by atoms with Gasteiger partial charge in [-0.1, -0.05) is 23.2 Å². The number of halogens is 2. The van der Waals surface area contributed by atoms with Crippen LogP contribution in [0.2, 0.25) is 10.0 Å². The van der Waals surface area contributed by atoms with Crippen LogP contribution < -0.4 is 18.9 Å². The summed E-state index contributed by atoms with van der Waals surface area (Å²) in [7, 11) is -1.68. The molecule has 2 aromatic rings. The zero-order chi connectivity index (χ0) is 21.7. The van der Waals surface area contributed by atoms with Gasteiger partial charge in [-0.15, -0.1) is 0 Å². The van der Waals surface area contributed by atoms with Crippen LogP contribution >= 0.6 is 23.2 Å². The molecule has 1 fully saturated rings. The molecule has 2 aliphatic heterocycles. The highest BCUT2D eigenvalue weighted by molar-refractivity contribution is 7.91. The Morgan fingerprint density at radius 1 is 1.17 bits per heavy atom. The van der Waals surface area contributed by atoms with Crippen molar-refractivity contribution in [2.75, 3.05) is 18.6 Å². The van der Waals surface area contributed by atoms with Crippen LogP contribution in [0.25, 0.3) is 0 Å². The van der Waals surface area contributed by atoms with Gasteiger partial charge in [0.1, 0.15) is 10.0 Å². The van der Waals surface area contributed by atoms with Gasteiger partial charge in [0, 0.05) is 29.6 Å². The summed E-state index contributed by atoms with van der Waals surface area (Å²) in [5.41, 5.74) is 0.597. The summed E-state index contributed by atoms with van der Waals surface area (Å²) in [6, 6.07) is 3.14. The number of hydrogen-bond acceptors (Lipinski definition) is 7. The van der Waals surface area contributed by atoms with Gasteiger partial charge in [0.15, 0.2) is 27.1 Å². The maximum atomic E-state index is 13.1. The SMILES string of the molecule is COc1ccc(C(=O)Cc2c(Cl)c[n+](O)cc2Cl)c2c1OC1(CCS(=O)(=O)CC1)O2. The number of pyridine rings is 1. The molecule has 0 saturated carbocycles. The Morgan fingerprint density at radius 2 is 1.77 bits per heavy atom. The molecule has 1 saturated heterocycles. The van der Waals surface area contributed by atoms with E-state index in [0.717, 1.165) is 0 Å². The fraction of sp³-hybridized carbons (Fsp3) is 0.368. The lowest BCUT2D eigenvalue weighted by Gasteiger charge is -2.31. The molecule has 0 bridgehead atoms. The number of methoxy groups -OCH3 is 1. The summed E-state index contributed by atoms with van der Waals surface area (Å²) >= 11 is 12.2. The molecule has 0 atom stereocenters. The molecule has 11 heteroatoms. The second-order valence-corrected chi connectivity index (χ2v) is 10.3. The molecular weight excluding hydrogens is 457 g/mol. The molecule has 0 aliphatic carbocycles. The van der Waals surface area contributed by atoms with Crippen LogP contribution in [0.4, 0.5) is 0 Å². The third-order valence-corrected chi connectivity index (χ3v) is 7.47. The molecular formula is C19H18Cl2NO7S+. The van der Waals surface area contributed by atoms with Crippen LogP contribution in [-0.4, -0.2) is 43.8 Å². The van der Waals surface area contributed by atoms with E-state index in [-0.39, 0.29) is 63.7 Å². The Kier molecular flexibility index (Phi) is 5.24. The Balaban J connectivity index is 1.68. The average molecular weight is 475 g/mol. The molecule has 8 nitrogen and oxygen atoms in total. The van der Waals surface area contributed by atoms with Crippen molar-refractivity contribution in [2.45, 2.75) is 25.0 Å². The summed E-state index contributed by atoms with van der Waals surface area (Å²) in [4.78, 5) is 13.1. The third kappa shape index (κ3) is 3.77. The van der Waals surface area contributed by atoms with E-state index in [1.54, 1.807) is 12.1 Å². The van der Waals surface area contributed by atoms with Gasteiger partial charge in [0.2, 0.25) is 18.1 Å². The van der Waals surface area contributed by atoms with Crippen LogP contribution in [0, 0.1) is 0 Å². The van der Waals surface area contributed by atoms with Crippen molar-refractivity contribution in [3.05, 3.63) is 45.7 Å². The number of aromatic nitrogens is 1. The predicted molar refractivity (Wildman–Crippen MR) is 107 cm³/mol. The molecule has 1 N–H and O–H groups in total. The fourth-order valence-electron chi connectivity index (χ4n) is 3.53. The highest BCUT2D eigenvalue weighted by Crippen LogP contribution is 2.51. The number of carbonyl (C=O) groups is 1. The minimum atomic E-state index is -3.14. The fourth-order valence-corrected chi connectivity index (χ4v) is 5.57. The monoisotopic (exact) mass is 474 g/mol. The van der Waals surface area contributed by atoms with Crippen LogP contribution in [-0.2, 0) is 16.3 Å². The number of ether oxygens (including phenoxy) is 3. The van der Waals surface area contributed by atoms with E-state index in [9.17, 15) is 18.4 Å². The second kappa shape index (κ2) is 7.47. The quantitative estimate of drug-likeness (QED) is 0.412. The van der Waals surface area contributed by atoms with Crippen molar-refractivity contribution >= 4 is 38.8 Å². The highest BCUT2D eigenvalue weighted by Gasteiger charge is 2.48. The molecule has 4 rings (SSSR count). The summed E-state index contributed by atoms with van der Waals surface area (Å²) in [6.45, 7) is 0. The zero-order valence-corrected chi connectivity index (χ0v) is 18.2. The molecule has 2 aliphatic rings. The normalized spacial score (nSPS) is 18.4. The first-order chi connectivity index (χ1) is 14.1. The lowest BCUT2D eigenvalue weighted by molar-refractivity contribution is -0.904. The molecule has 0 amide bonds. The van der Waals surface area contributed by atoms with E-state index in [1.165, 1.54) is 19.5 Å². The number of Topliss-reactive ketones (excluding diaryl/α,β-unsaturated/α-hetero) is 1. The van der Waals surface area contributed by atoms with E-state index < -0.39 is 15.6 Å². The molecule has 1 aromatic carbocycles. The van der Waals surface area contributed by atoms with Gasteiger partial charge in [0.25, 0.3) is 5.79 Å². The molecule has 3 heterocycles. The van der Waals surface area contributed by atoms with Crippen molar-refractivity contribution in [2.24, 2.45) is 0 Å². The van der Waals surface area contributed by atoms with E-state index in [2.05, 4.69) is 0 Å². The Hall–Kier alpha value is -2.23.